The second-order valence-electron chi connectivity index (χ2n) is 3.40. The van der Waals surface area contributed by atoms with E-state index in [9.17, 15) is 19.7 Å². The van der Waals surface area contributed by atoms with Gasteiger partial charge in [0, 0.05) is 12.1 Å². The number of nitro benzene ring substituents is 1. The van der Waals surface area contributed by atoms with E-state index >= 15 is 0 Å². The SMILES string of the molecule is COC(=O)CC(=O)C=Cc1ccc([N+](=O)[O-])cc1. The number of benzene rings is 1. The Labute approximate surface area is 103 Å². The van der Waals surface area contributed by atoms with E-state index in [2.05, 4.69) is 4.74 Å². The summed E-state index contributed by atoms with van der Waals surface area (Å²) in [5, 5.41) is 10.4. The lowest BCUT2D eigenvalue weighted by molar-refractivity contribution is -0.384. The number of hydrogen-bond donors (Lipinski definition) is 0. The third-order valence-electron chi connectivity index (χ3n) is 2.11. The minimum atomic E-state index is -0.603. The van der Waals surface area contributed by atoms with Crippen LogP contribution in [-0.2, 0) is 14.3 Å². The normalized spacial score (nSPS) is 10.3. The standard InChI is InChI=1S/C12H11NO5/c1-18-12(15)8-11(14)7-4-9-2-5-10(6-3-9)13(16)17/h2-7H,8H2,1H3. The van der Waals surface area contributed by atoms with Crippen molar-refractivity contribution in [2.24, 2.45) is 0 Å². The second kappa shape index (κ2) is 6.29. The van der Waals surface area contributed by atoms with Crippen LogP contribution >= 0.6 is 0 Å². The van der Waals surface area contributed by atoms with Gasteiger partial charge in [0.2, 0.25) is 0 Å². The molecule has 0 aliphatic carbocycles. The van der Waals surface area contributed by atoms with Gasteiger partial charge in [-0.15, -0.1) is 0 Å². The summed E-state index contributed by atoms with van der Waals surface area (Å²) in [5.74, 6) is -0.992. The highest BCUT2D eigenvalue weighted by Gasteiger charge is 2.06. The Bertz CT molecular complexity index is 490. The number of ether oxygens (including phenoxy) is 1. The molecule has 0 unspecified atom stereocenters. The summed E-state index contributed by atoms with van der Waals surface area (Å²) < 4.78 is 4.35. The monoisotopic (exact) mass is 249 g/mol. The molecule has 6 nitrogen and oxygen atoms in total. The van der Waals surface area contributed by atoms with Crippen LogP contribution in [0.25, 0.3) is 6.08 Å². The first-order valence-electron chi connectivity index (χ1n) is 5.05. The van der Waals surface area contributed by atoms with Crippen LogP contribution in [-0.4, -0.2) is 23.8 Å². The fourth-order valence-electron chi connectivity index (χ4n) is 1.17. The molecule has 18 heavy (non-hydrogen) atoms. The molecule has 0 heterocycles. The van der Waals surface area contributed by atoms with Gasteiger partial charge in [-0.3, -0.25) is 19.7 Å². The van der Waals surface area contributed by atoms with E-state index < -0.39 is 10.9 Å². The number of non-ortho nitro benzene ring substituents is 1. The van der Waals surface area contributed by atoms with Crippen LogP contribution in [0.15, 0.2) is 30.3 Å². The van der Waals surface area contributed by atoms with Gasteiger partial charge in [0.05, 0.1) is 12.0 Å². The van der Waals surface area contributed by atoms with E-state index in [1.54, 1.807) is 0 Å². The van der Waals surface area contributed by atoms with E-state index in [-0.39, 0.29) is 17.9 Å². The molecule has 0 amide bonds. The molecular weight excluding hydrogens is 238 g/mol. The van der Waals surface area contributed by atoms with Crippen LogP contribution in [0.5, 0.6) is 0 Å². The maximum absolute atomic E-state index is 11.3. The van der Waals surface area contributed by atoms with E-state index in [4.69, 9.17) is 0 Å². The number of rotatable bonds is 5. The molecule has 0 atom stereocenters. The van der Waals surface area contributed by atoms with Crippen LogP contribution < -0.4 is 0 Å². The van der Waals surface area contributed by atoms with Crippen LogP contribution in [0.1, 0.15) is 12.0 Å². The van der Waals surface area contributed by atoms with Gasteiger partial charge in [-0.1, -0.05) is 6.08 Å². The van der Waals surface area contributed by atoms with E-state index in [1.807, 2.05) is 0 Å². The van der Waals surface area contributed by atoms with E-state index in [0.29, 0.717) is 5.56 Å². The van der Waals surface area contributed by atoms with Crippen molar-refractivity contribution in [3.63, 3.8) is 0 Å². The van der Waals surface area contributed by atoms with Gasteiger partial charge in [-0.05, 0) is 23.8 Å². The third kappa shape index (κ3) is 4.17. The maximum atomic E-state index is 11.3. The molecule has 0 saturated carbocycles. The number of allylic oxidation sites excluding steroid dienone is 1. The van der Waals surface area contributed by atoms with Gasteiger partial charge in [0.1, 0.15) is 6.42 Å². The number of nitrogens with zero attached hydrogens (tertiary/aromatic N) is 1. The number of hydrogen-bond acceptors (Lipinski definition) is 5. The summed E-state index contributed by atoms with van der Waals surface area (Å²) in [6.07, 6.45) is 2.40. The van der Waals surface area contributed by atoms with Crippen LogP contribution in [0.4, 0.5) is 5.69 Å². The zero-order valence-corrected chi connectivity index (χ0v) is 9.66. The predicted octanol–water partition coefficient (Wildman–Crippen LogP) is 1.74. The Kier molecular flexibility index (Phi) is 4.74. The first-order valence-corrected chi connectivity index (χ1v) is 5.05. The largest absolute Gasteiger partial charge is 0.469 e. The molecule has 6 heteroatoms. The first kappa shape index (κ1) is 13.6. The zero-order valence-electron chi connectivity index (χ0n) is 9.66. The summed E-state index contributed by atoms with van der Waals surface area (Å²) in [4.78, 5) is 32.0. The molecule has 1 aromatic carbocycles. The number of carbonyl (C=O) groups excluding carboxylic acids is 2. The Morgan fingerprint density at radius 2 is 1.94 bits per heavy atom. The number of ketones is 1. The van der Waals surface area contributed by atoms with Crippen molar-refractivity contribution in [2.45, 2.75) is 6.42 Å². The lowest BCUT2D eigenvalue weighted by Gasteiger charge is -1.95. The molecule has 0 fully saturated rings. The van der Waals surface area contributed by atoms with Crippen molar-refractivity contribution in [1.29, 1.82) is 0 Å². The number of esters is 1. The van der Waals surface area contributed by atoms with Gasteiger partial charge >= 0.3 is 5.97 Å². The zero-order chi connectivity index (χ0) is 13.5. The number of carbonyl (C=O) groups is 2. The Balaban J connectivity index is 2.64. The Morgan fingerprint density at radius 1 is 1.33 bits per heavy atom. The summed E-state index contributed by atoms with van der Waals surface area (Å²) in [5.41, 5.74) is 0.617. The average molecular weight is 249 g/mol. The molecular formula is C12H11NO5. The van der Waals surface area contributed by atoms with Crippen LogP contribution in [0.3, 0.4) is 0 Å². The quantitative estimate of drug-likeness (QED) is 0.261. The molecule has 0 aromatic heterocycles. The minimum absolute atomic E-state index is 0.0203. The predicted molar refractivity (Wildman–Crippen MR) is 63.8 cm³/mol. The molecule has 0 aliphatic heterocycles. The van der Waals surface area contributed by atoms with Crippen molar-refractivity contribution >= 4 is 23.5 Å². The van der Waals surface area contributed by atoms with Crippen LogP contribution in [0.2, 0.25) is 0 Å². The fourth-order valence-corrected chi connectivity index (χ4v) is 1.17. The molecule has 94 valence electrons. The molecule has 1 rings (SSSR count). The third-order valence-corrected chi connectivity index (χ3v) is 2.11. The van der Waals surface area contributed by atoms with Gasteiger partial charge in [0.25, 0.3) is 5.69 Å². The smallest absolute Gasteiger partial charge is 0.313 e. The highest BCUT2D eigenvalue weighted by Crippen LogP contribution is 2.12. The lowest BCUT2D eigenvalue weighted by atomic mass is 10.1. The van der Waals surface area contributed by atoms with Crippen molar-refractivity contribution in [2.75, 3.05) is 7.11 Å². The molecule has 1 aromatic rings. The Morgan fingerprint density at radius 3 is 2.44 bits per heavy atom. The Hall–Kier alpha value is -2.50. The number of methoxy groups -OCH3 is 1. The summed E-state index contributed by atoms with van der Waals surface area (Å²) >= 11 is 0. The van der Waals surface area contributed by atoms with Gasteiger partial charge in [-0.25, -0.2) is 0 Å². The second-order valence-corrected chi connectivity index (χ2v) is 3.40. The highest BCUT2D eigenvalue weighted by atomic mass is 16.6. The first-order chi connectivity index (χ1) is 8.52. The van der Waals surface area contributed by atoms with E-state index in [0.717, 1.165) is 0 Å². The van der Waals surface area contributed by atoms with Gasteiger partial charge in [0.15, 0.2) is 5.78 Å². The van der Waals surface area contributed by atoms with Crippen LogP contribution in [0, 0.1) is 10.1 Å². The number of nitro groups is 1. The highest BCUT2D eigenvalue weighted by molar-refractivity contribution is 6.03. The summed E-state index contributed by atoms with van der Waals surface area (Å²) in [7, 11) is 1.20. The maximum Gasteiger partial charge on any atom is 0.313 e. The topological polar surface area (TPSA) is 86.5 Å². The molecule has 0 bridgehead atoms. The minimum Gasteiger partial charge on any atom is -0.469 e. The van der Waals surface area contributed by atoms with Gasteiger partial charge < -0.3 is 4.74 Å². The fraction of sp³-hybridized carbons (Fsp3) is 0.167. The van der Waals surface area contributed by atoms with Crippen molar-refractivity contribution in [3.8, 4) is 0 Å². The van der Waals surface area contributed by atoms with Gasteiger partial charge in [-0.2, -0.15) is 0 Å². The lowest BCUT2D eigenvalue weighted by Crippen LogP contribution is -2.06. The molecule has 0 N–H and O–H groups in total. The van der Waals surface area contributed by atoms with Crippen molar-refractivity contribution < 1.29 is 19.2 Å². The van der Waals surface area contributed by atoms with Crippen molar-refractivity contribution in [1.82, 2.24) is 0 Å². The molecule has 0 spiro atoms. The summed E-state index contributed by atoms with van der Waals surface area (Å²) in [6.45, 7) is 0. The molecule has 0 saturated heterocycles. The molecule has 0 aliphatic rings. The molecule has 0 radical (unpaired) electrons. The summed E-state index contributed by atoms with van der Waals surface area (Å²) in [6, 6.07) is 5.70. The van der Waals surface area contributed by atoms with E-state index in [1.165, 1.54) is 43.5 Å². The average Bonchev–Trinajstić information content (AvgIpc) is 2.36. The van der Waals surface area contributed by atoms with Crippen molar-refractivity contribution in [3.05, 3.63) is 46.0 Å².